The van der Waals surface area contributed by atoms with E-state index in [-0.39, 0.29) is 24.8 Å². The summed E-state index contributed by atoms with van der Waals surface area (Å²) in [6.45, 7) is 7.57. The van der Waals surface area contributed by atoms with Crippen molar-refractivity contribution in [2.75, 3.05) is 46.3 Å². The predicted molar refractivity (Wildman–Crippen MR) is 96.6 cm³/mol. The van der Waals surface area contributed by atoms with Gasteiger partial charge < -0.3 is 10.2 Å². The molecule has 1 aliphatic heterocycles. The fourth-order valence-electron chi connectivity index (χ4n) is 2.34. The zero-order valence-electron chi connectivity index (χ0n) is 12.1. The predicted octanol–water partition coefficient (Wildman–Crippen LogP) is 3.17. The zero-order valence-corrected chi connectivity index (χ0v) is 15.3. The molecule has 122 valence electrons. The van der Waals surface area contributed by atoms with Crippen LogP contribution in [-0.2, 0) is 6.54 Å². The molecule has 7 heteroatoms. The van der Waals surface area contributed by atoms with Crippen LogP contribution in [-0.4, -0.2) is 56.1 Å². The van der Waals surface area contributed by atoms with Crippen LogP contribution in [0.2, 0.25) is 10.0 Å². The summed E-state index contributed by atoms with van der Waals surface area (Å²) in [4.78, 5) is 4.81. The molecule has 0 aliphatic carbocycles. The fourth-order valence-corrected chi connectivity index (χ4v) is 2.91. The van der Waals surface area contributed by atoms with Crippen molar-refractivity contribution < 1.29 is 0 Å². The molecule has 3 nitrogen and oxygen atoms in total. The van der Waals surface area contributed by atoms with Gasteiger partial charge in [0.25, 0.3) is 0 Å². The molecule has 1 fully saturated rings. The fraction of sp³-hybridized carbons (Fsp3) is 0.571. The number of benzene rings is 1. The summed E-state index contributed by atoms with van der Waals surface area (Å²) in [6, 6.07) is 5.73. The summed E-state index contributed by atoms with van der Waals surface area (Å²) >= 11 is 12.0. The van der Waals surface area contributed by atoms with Crippen molar-refractivity contribution in [2.45, 2.75) is 6.54 Å². The first-order valence-corrected chi connectivity index (χ1v) is 7.45. The van der Waals surface area contributed by atoms with Gasteiger partial charge >= 0.3 is 0 Å². The number of halogens is 4. The van der Waals surface area contributed by atoms with Crippen LogP contribution in [0.3, 0.4) is 0 Å². The Kier molecular flexibility index (Phi) is 11.0. The molecule has 1 aliphatic rings. The molecule has 1 heterocycles. The number of piperazine rings is 1. The van der Waals surface area contributed by atoms with Crippen LogP contribution in [0.4, 0.5) is 0 Å². The second-order valence-electron chi connectivity index (χ2n) is 5.11. The number of nitrogens with zero attached hydrogens (tertiary/aromatic N) is 2. The average Bonchev–Trinajstić information content (AvgIpc) is 2.36. The molecule has 1 aromatic carbocycles. The van der Waals surface area contributed by atoms with E-state index in [1.165, 1.54) is 5.56 Å². The van der Waals surface area contributed by atoms with Gasteiger partial charge in [-0.2, -0.15) is 0 Å². The summed E-state index contributed by atoms with van der Waals surface area (Å²) in [6.07, 6.45) is 0. The molecule has 1 saturated heterocycles. The molecule has 2 rings (SSSR count). The molecule has 0 atom stereocenters. The summed E-state index contributed by atoms with van der Waals surface area (Å²) in [5, 5.41) is 4.78. The maximum atomic E-state index is 6.01. The normalized spacial score (nSPS) is 15.4. The maximum Gasteiger partial charge on any atom is 0.0424 e. The summed E-state index contributed by atoms with van der Waals surface area (Å²) in [5.41, 5.74) is 1.17. The molecule has 0 amide bonds. The Morgan fingerprint density at radius 3 is 2.24 bits per heavy atom. The van der Waals surface area contributed by atoms with Crippen molar-refractivity contribution >= 4 is 48.0 Å². The number of rotatable bonds is 5. The van der Waals surface area contributed by atoms with E-state index in [1.807, 2.05) is 12.1 Å². The lowest BCUT2D eigenvalue weighted by Crippen LogP contribution is -2.45. The molecule has 0 unspecified atom stereocenters. The van der Waals surface area contributed by atoms with E-state index in [0.717, 1.165) is 45.8 Å². The topological polar surface area (TPSA) is 18.5 Å². The Hall–Kier alpha value is 0.260. The highest BCUT2D eigenvalue weighted by Gasteiger charge is 2.10. The van der Waals surface area contributed by atoms with E-state index in [1.54, 1.807) is 6.07 Å². The second-order valence-corrected chi connectivity index (χ2v) is 5.98. The van der Waals surface area contributed by atoms with Crippen molar-refractivity contribution in [1.29, 1.82) is 0 Å². The molecule has 0 bridgehead atoms. The summed E-state index contributed by atoms with van der Waals surface area (Å²) in [7, 11) is 2.14. The molecule has 1 N–H and O–H groups in total. The van der Waals surface area contributed by atoms with Gasteiger partial charge in [0.15, 0.2) is 0 Å². The van der Waals surface area contributed by atoms with Crippen LogP contribution in [0.25, 0.3) is 0 Å². The van der Waals surface area contributed by atoms with Gasteiger partial charge in [0.05, 0.1) is 0 Å². The first-order chi connectivity index (χ1) is 9.13. The number of nitrogens with one attached hydrogen (secondary N) is 1. The minimum absolute atomic E-state index is 0. The van der Waals surface area contributed by atoms with E-state index in [4.69, 9.17) is 23.2 Å². The molecule has 21 heavy (non-hydrogen) atoms. The quantitative estimate of drug-likeness (QED) is 0.853. The van der Waals surface area contributed by atoms with Gasteiger partial charge in [0.1, 0.15) is 0 Å². The highest BCUT2D eigenvalue weighted by atomic mass is 35.5. The molecular weight excluding hydrogens is 352 g/mol. The molecule has 1 aromatic rings. The van der Waals surface area contributed by atoms with Crippen molar-refractivity contribution in [3.8, 4) is 0 Å². The largest absolute Gasteiger partial charge is 0.314 e. The third kappa shape index (κ3) is 7.89. The Morgan fingerprint density at radius 1 is 1.10 bits per heavy atom. The van der Waals surface area contributed by atoms with Crippen molar-refractivity contribution in [1.82, 2.24) is 15.1 Å². The van der Waals surface area contributed by atoms with Crippen LogP contribution in [0, 0.1) is 0 Å². The van der Waals surface area contributed by atoms with Crippen LogP contribution in [0.15, 0.2) is 18.2 Å². The lowest BCUT2D eigenvalue weighted by atomic mass is 10.2. The molecular formula is C14H23Cl4N3. The number of hydrogen-bond donors (Lipinski definition) is 1. The average molecular weight is 375 g/mol. The monoisotopic (exact) mass is 373 g/mol. The third-order valence-electron chi connectivity index (χ3n) is 3.38. The van der Waals surface area contributed by atoms with Gasteiger partial charge in [-0.25, -0.2) is 0 Å². The zero-order chi connectivity index (χ0) is 13.7. The van der Waals surface area contributed by atoms with E-state index < -0.39 is 0 Å². The Morgan fingerprint density at radius 2 is 1.67 bits per heavy atom. The third-order valence-corrected chi connectivity index (χ3v) is 3.82. The minimum Gasteiger partial charge on any atom is -0.314 e. The van der Waals surface area contributed by atoms with E-state index in [9.17, 15) is 0 Å². The number of likely N-dealkylation sites (N-methyl/N-ethyl adjacent to an activating group) is 1. The molecule has 0 aromatic heterocycles. The van der Waals surface area contributed by atoms with Gasteiger partial charge in [-0.1, -0.05) is 23.2 Å². The lowest BCUT2D eigenvalue weighted by molar-refractivity contribution is 0.202. The summed E-state index contributed by atoms with van der Waals surface area (Å²) in [5.74, 6) is 0. The van der Waals surface area contributed by atoms with Gasteiger partial charge in [-0.05, 0) is 30.8 Å². The van der Waals surface area contributed by atoms with E-state index in [2.05, 4.69) is 22.2 Å². The number of hydrogen-bond acceptors (Lipinski definition) is 3. The smallest absolute Gasteiger partial charge is 0.0424 e. The van der Waals surface area contributed by atoms with Crippen molar-refractivity contribution in [3.63, 3.8) is 0 Å². The van der Waals surface area contributed by atoms with Crippen LogP contribution in [0.5, 0.6) is 0 Å². The minimum atomic E-state index is 0. The summed E-state index contributed by atoms with van der Waals surface area (Å²) < 4.78 is 0. The van der Waals surface area contributed by atoms with Crippen molar-refractivity contribution in [3.05, 3.63) is 33.8 Å². The van der Waals surface area contributed by atoms with Crippen LogP contribution in [0.1, 0.15) is 5.56 Å². The first kappa shape index (κ1) is 21.3. The molecule has 0 spiro atoms. The van der Waals surface area contributed by atoms with Gasteiger partial charge in [0.2, 0.25) is 0 Å². The van der Waals surface area contributed by atoms with E-state index >= 15 is 0 Å². The SMILES string of the molecule is CN(CCN1CCNCC1)Cc1cc(Cl)cc(Cl)c1.Cl.Cl. The van der Waals surface area contributed by atoms with Gasteiger partial charge in [-0.15, -0.1) is 24.8 Å². The second kappa shape index (κ2) is 10.9. The molecule has 0 radical (unpaired) electrons. The van der Waals surface area contributed by atoms with Crippen LogP contribution >= 0.6 is 48.0 Å². The van der Waals surface area contributed by atoms with Crippen molar-refractivity contribution in [2.24, 2.45) is 0 Å². The van der Waals surface area contributed by atoms with Crippen LogP contribution < -0.4 is 5.32 Å². The lowest BCUT2D eigenvalue weighted by Gasteiger charge is -2.29. The maximum absolute atomic E-state index is 6.01. The Balaban J connectivity index is 0.00000200. The Labute approximate surface area is 149 Å². The first-order valence-electron chi connectivity index (χ1n) is 6.70. The van der Waals surface area contributed by atoms with Gasteiger partial charge in [-0.3, -0.25) is 4.90 Å². The van der Waals surface area contributed by atoms with E-state index in [0.29, 0.717) is 10.0 Å². The van der Waals surface area contributed by atoms with Gasteiger partial charge in [0, 0.05) is 55.9 Å². The highest BCUT2D eigenvalue weighted by molar-refractivity contribution is 6.34. The standard InChI is InChI=1S/C14H21Cl2N3.2ClH/c1-18(6-7-19-4-2-17-3-5-19)11-12-8-13(15)10-14(16)9-12;;/h8-10,17H,2-7,11H2,1H3;2*1H. The Bertz CT molecular complexity index is 391. The highest BCUT2D eigenvalue weighted by Crippen LogP contribution is 2.19. The molecule has 0 saturated carbocycles.